The second-order valence-corrected chi connectivity index (χ2v) is 2.55. The first-order valence-corrected chi connectivity index (χ1v) is 3.49. The first kappa shape index (κ1) is 8.26. The molecule has 0 saturated carbocycles. The van der Waals surface area contributed by atoms with E-state index in [-0.39, 0.29) is 6.42 Å². The number of carbonyl (C=O) groups excluding carboxylic acids is 1. The first-order valence-electron chi connectivity index (χ1n) is 3.49. The van der Waals surface area contributed by atoms with Crippen molar-refractivity contribution in [3.8, 4) is 0 Å². The molecular weight excluding hydrogens is 151 g/mol. The Balaban J connectivity index is 2.28. The second kappa shape index (κ2) is 3.52. The van der Waals surface area contributed by atoms with Crippen LogP contribution in [0.5, 0.6) is 0 Å². The molecule has 2 atom stereocenters. The van der Waals surface area contributed by atoms with E-state index in [2.05, 4.69) is 10.1 Å². The van der Waals surface area contributed by atoms with Gasteiger partial charge in [-0.3, -0.25) is 0 Å². The highest BCUT2D eigenvalue weighted by Crippen LogP contribution is 2.09. The zero-order valence-corrected chi connectivity index (χ0v) is 6.05. The molecule has 1 amide bonds. The predicted octanol–water partition coefficient (Wildman–Crippen LogP) is -0.218. The van der Waals surface area contributed by atoms with Gasteiger partial charge < -0.3 is 15.8 Å². The zero-order valence-electron chi connectivity index (χ0n) is 6.05. The number of rotatable bonds is 1. The minimum atomic E-state index is -0.937. The Morgan fingerprint density at radius 3 is 2.91 bits per heavy atom. The Morgan fingerprint density at radius 1 is 1.64 bits per heavy atom. The maximum absolute atomic E-state index is 12.6. The molecular formula is C6H11FN2O2. The molecule has 1 heterocycles. The highest BCUT2D eigenvalue weighted by Gasteiger charge is 2.23. The van der Waals surface area contributed by atoms with Crippen molar-refractivity contribution in [1.82, 2.24) is 5.32 Å². The van der Waals surface area contributed by atoms with Gasteiger partial charge >= 0.3 is 6.09 Å². The summed E-state index contributed by atoms with van der Waals surface area (Å²) in [6.07, 6.45) is -1.94. The molecule has 1 saturated heterocycles. The Labute approximate surface area is 63.9 Å². The van der Waals surface area contributed by atoms with Gasteiger partial charge in [-0.2, -0.15) is 0 Å². The molecule has 3 N–H and O–H groups in total. The Bertz CT molecular complexity index is 154. The van der Waals surface area contributed by atoms with Gasteiger partial charge in [0.1, 0.15) is 12.3 Å². The fourth-order valence-electron chi connectivity index (χ4n) is 1.11. The number of halogens is 1. The van der Waals surface area contributed by atoms with E-state index < -0.39 is 18.4 Å². The van der Waals surface area contributed by atoms with Gasteiger partial charge in [-0.25, -0.2) is 9.18 Å². The lowest BCUT2D eigenvalue weighted by Gasteiger charge is -2.24. The van der Waals surface area contributed by atoms with Gasteiger partial charge in [0, 0.05) is 19.5 Å². The second-order valence-electron chi connectivity index (χ2n) is 2.55. The van der Waals surface area contributed by atoms with E-state index in [1.165, 1.54) is 0 Å². The molecule has 5 heteroatoms. The fraction of sp³-hybridized carbons (Fsp3) is 0.833. The van der Waals surface area contributed by atoms with Crippen molar-refractivity contribution in [1.29, 1.82) is 0 Å². The van der Waals surface area contributed by atoms with Gasteiger partial charge in [0.05, 0.1) is 0 Å². The maximum atomic E-state index is 12.6. The summed E-state index contributed by atoms with van der Waals surface area (Å²) in [5.41, 5.74) is 4.76. The summed E-state index contributed by atoms with van der Waals surface area (Å²) in [5.74, 6) is 0. The van der Waals surface area contributed by atoms with Crippen LogP contribution < -0.4 is 11.1 Å². The van der Waals surface area contributed by atoms with Gasteiger partial charge in [-0.05, 0) is 0 Å². The van der Waals surface area contributed by atoms with Crippen LogP contribution in [0.1, 0.15) is 6.42 Å². The molecule has 1 rings (SSSR count). The van der Waals surface area contributed by atoms with Crippen molar-refractivity contribution in [3.05, 3.63) is 0 Å². The lowest BCUT2D eigenvalue weighted by Crippen LogP contribution is -2.43. The number of ether oxygens (including phenoxy) is 1. The highest BCUT2D eigenvalue weighted by atomic mass is 19.1. The summed E-state index contributed by atoms with van der Waals surface area (Å²) in [5, 5.41) is 2.78. The van der Waals surface area contributed by atoms with Crippen molar-refractivity contribution in [3.63, 3.8) is 0 Å². The van der Waals surface area contributed by atoms with E-state index in [1.54, 1.807) is 0 Å². The normalized spacial score (nSPS) is 31.4. The number of piperidine rings is 1. The summed E-state index contributed by atoms with van der Waals surface area (Å²) in [6, 6.07) is 0. The molecule has 2 unspecified atom stereocenters. The standard InChI is InChI=1S/C6H11FN2O2/c7-4-1-5(3-9-2-4)11-6(8)10/h4-5,9H,1-3H2,(H2,8,10). The number of nitrogens with two attached hydrogens (primary N) is 1. The molecule has 64 valence electrons. The van der Waals surface area contributed by atoms with Crippen molar-refractivity contribution >= 4 is 6.09 Å². The van der Waals surface area contributed by atoms with Crippen LogP contribution in [0, 0.1) is 0 Å². The lowest BCUT2D eigenvalue weighted by atomic mass is 10.1. The summed E-state index contributed by atoms with van der Waals surface area (Å²) < 4.78 is 17.2. The molecule has 4 nitrogen and oxygen atoms in total. The van der Waals surface area contributed by atoms with Gasteiger partial charge in [-0.1, -0.05) is 0 Å². The molecule has 1 fully saturated rings. The minimum Gasteiger partial charge on any atom is -0.445 e. The van der Waals surface area contributed by atoms with Crippen molar-refractivity contribution in [2.24, 2.45) is 5.73 Å². The third-order valence-corrected chi connectivity index (χ3v) is 1.54. The Kier molecular flexibility index (Phi) is 2.64. The van der Waals surface area contributed by atoms with Crippen molar-refractivity contribution < 1.29 is 13.9 Å². The quantitative estimate of drug-likeness (QED) is 0.560. The number of amides is 1. The third-order valence-electron chi connectivity index (χ3n) is 1.54. The van der Waals surface area contributed by atoms with Crippen LogP contribution in [0.15, 0.2) is 0 Å². The number of carbonyl (C=O) groups is 1. The van der Waals surface area contributed by atoms with E-state index in [4.69, 9.17) is 5.73 Å². The van der Waals surface area contributed by atoms with Gasteiger partial charge in [0.25, 0.3) is 0 Å². The third kappa shape index (κ3) is 2.71. The van der Waals surface area contributed by atoms with Gasteiger partial charge in [-0.15, -0.1) is 0 Å². The van der Waals surface area contributed by atoms with Crippen molar-refractivity contribution in [2.75, 3.05) is 13.1 Å². The van der Waals surface area contributed by atoms with Gasteiger partial charge in [0.2, 0.25) is 0 Å². The largest absolute Gasteiger partial charge is 0.445 e. The van der Waals surface area contributed by atoms with Crippen LogP contribution in [-0.4, -0.2) is 31.5 Å². The molecule has 0 aromatic carbocycles. The average Bonchev–Trinajstić information content (AvgIpc) is 1.85. The topological polar surface area (TPSA) is 64.4 Å². The lowest BCUT2D eigenvalue weighted by molar-refractivity contribution is 0.0657. The van der Waals surface area contributed by atoms with E-state index in [0.29, 0.717) is 13.1 Å². The van der Waals surface area contributed by atoms with Crippen LogP contribution in [0.4, 0.5) is 9.18 Å². The molecule has 0 spiro atoms. The van der Waals surface area contributed by atoms with Crippen LogP contribution in [0.3, 0.4) is 0 Å². The van der Waals surface area contributed by atoms with Crippen LogP contribution in [-0.2, 0) is 4.74 Å². The van der Waals surface area contributed by atoms with E-state index in [1.807, 2.05) is 0 Å². The smallest absolute Gasteiger partial charge is 0.404 e. The summed E-state index contributed by atoms with van der Waals surface area (Å²) >= 11 is 0. The molecule has 0 bridgehead atoms. The van der Waals surface area contributed by atoms with E-state index in [0.717, 1.165) is 0 Å². The van der Waals surface area contributed by atoms with Crippen molar-refractivity contribution in [2.45, 2.75) is 18.7 Å². The molecule has 0 aromatic heterocycles. The molecule has 0 aliphatic carbocycles. The highest BCUT2D eigenvalue weighted by molar-refractivity contribution is 5.64. The van der Waals surface area contributed by atoms with E-state index in [9.17, 15) is 9.18 Å². The number of primary amides is 1. The molecule has 0 aromatic rings. The number of alkyl halides is 1. The maximum Gasteiger partial charge on any atom is 0.404 e. The van der Waals surface area contributed by atoms with Gasteiger partial charge in [0.15, 0.2) is 0 Å². The molecule has 11 heavy (non-hydrogen) atoms. The summed E-state index contributed by atoms with van der Waals surface area (Å²) in [7, 11) is 0. The van der Waals surface area contributed by atoms with Crippen LogP contribution in [0.25, 0.3) is 0 Å². The first-order chi connectivity index (χ1) is 5.18. The number of hydrogen-bond donors (Lipinski definition) is 2. The average molecular weight is 162 g/mol. The SMILES string of the molecule is NC(=O)OC1CNCC(F)C1. The zero-order chi connectivity index (χ0) is 8.27. The minimum absolute atomic E-state index is 0.246. The molecule has 1 aliphatic heterocycles. The monoisotopic (exact) mass is 162 g/mol. The molecule has 1 aliphatic rings. The predicted molar refractivity (Wildman–Crippen MR) is 36.8 cm³/mol. The van der Waals surface area contributed by atoms with Crippen LogP contribution in [0.2, 0.25) is 0 Å². The van der Waals surface area contributed by atoms with E-state index >= 15 is 0 Å². The summed E-state index contributed by atoms with van der Waals surface area (Å²) in [4.78, 5) is 10.2. The Morgan fingerprint density at radius 2 is 2.36 bits per heavy atom. The molecule has 0 radical (unpaired) electrons. The number of nitrogens with one attached hydrogen (secondary N) is 1. The fourth-order valence-corrected chi connectivity index (χ4v) is 1.11. The Hall–Kier alpha value is -0.840. The van der Waals surface area contributed by atoms with Crippen LogP contribution >= 0.6 is 0 Å². The number of hydrogen-bond acceptors (Lipinski definition) is 3. The summed E-state index contributed by atoms with van der Waals surface area (Å²) in [6.45, 7) is 0.821.